The van der Waals surface area contributed by atoms with E-state index in [1.54, 1.807) is 17.7 Å². The van der Waals surface area contributed by atoms with E-state index in [-0.39, 0.29) is 24.0 Å². The van der Waals surface area contributed by atoms with Gasteiger partial charge in [0.2, 0.25) is 0 Å². The summed E-state index contributed by atoms with van der Waals surface area (Å²) >= 11 is 1.80. The van der Waals surface area contributed by atoms with Gasteiger partial charge in [0.05, 0.1) is 6.54 Å². The summed E-state index contributed by atoms with van der Waals surface area (Å²) in [7, 11) is 0. The Morgan fingerprint density at radius 2 is 1.93 bits per heavy atom. The van der Waals surface area contributed by atoms with Gasteiger partial charge in [-0.25, -0.2) is 0 Å². The number of thiophene rings is 1. The van der Waals surface area contributed by atoms with Crippen LogP contribution in [0.1, 0.15) is 45.3 Å². The van der Waals surface area contributed by atoms with Crippen LogP contribution in [-0.2, 0) is 19.4 Å². The van der Waals surface area contributed by atoms with E-state index in [0.717, 1.165) is 57.3 Å². The van der Waals surface area contributed by atoms with Crippen molar-refractivity contribution >= 4 is 41.3 Å². The second-order valence-corrected chi connectivity index (χ2v) is 8.66. The number of aromatic nitrogens is 3. The van der Waals surface area contributed by atoms with Gasteiger partial charge >= 0.3 is 0 Å². The molecule has 2 aromatic rings. The molecule has 0 atom stereocenters. The van der Waals surface area contributed by atoms with E-state index < -0.39 is 0 Å². The van der Waals surface area contributed by atoms with Crippen molar-refractivity contribution in [2.24, 2.45) is 4.99 Å². The van der Waals surface area contributed by atoms with E-state index in [1.165, 1.54) is 4.88 Å². The van der Waals surface area contributed by atoms with Crippen molar-refractivity contribution in [3.63, 3.8) is 0 Å². The van der Waals surface area contributed by atoms with Gasteiger partial charge in [0.15, 0.2) is 5.96 Å². The molecule has 9 heteroatoms. The molecule has 0 aliphatic carbocycles. The lowest BCUT2D eigenvalue weighted by molar-refractivity contribution is 0.181. The zero-order chi connectivity index (χ0) is 21.1. The van der Waals surface area contributed by atoms with Crippen molar-refractivity contribution in [2.75, 3.05) is 26.2 Å². The first-order chi connectivity index (χ1) is 14.0. The lowest BCUT2D eigenvalue weighted by atomic mass is 10.2. The van der Waals surface area contributed by atoms with Crippen LogP contribution in [0.3, 0.4) is 0 Å². The molecular weight excluding hydrogens is 509 g/mol. The Hall–Kier alpha value is -1.20. The van der Waals surface area contributed by atoms with Gasteiger partial charge in [0.25, 0.3) is 0 Å². The van der Waals surface area contributed by atoms with E-state index in [1.807, 2.05) is 0 Å². The molecule has 30 heavy (non-hydrogen) atoms. The number of nitrogens with zero attached hydrogens (tertiary/aromatic N) is 5. The van der Waals surface area contributed by atoms with Gasteiger partial charge < -0.3 is 15.2 Å². The van der Waals surface area contributed by atoms with Crippen LogP contribution in [-0.4, -0.2) is 63.9 Å². The number of nitrogens with one attached hydrogen (secondary N) is 2. The summed E-state index contributed by atoms with van der Waals surface area (Å²) in [5.74, 6) is 1.89. The predicted molar refractivity (Wildman–Crippen MR) is 138 cm³/mol. The zero-order valence-corrected chi connectivity index (χ0v) is 22.1. The molecule has 0 radical (unpaired) electrons. The first kappa shape index (κ1) is 26.8. The number of hydrogen-bond acceptors (Lipinski definition) is 5. The molecule has 0 saturated carbocycles. The highest BCUT2D eigenvalue weighted by Crippen LogP contribution is 2.08. The Kier molecular flexibility index (Phi) is 13.2. The van der Waals surface area contributed by atoms with Crippen molar-refractivity contribution in [2.45, 2.75) is 66.1 Å². The van der Waals surface area contributed by atoms with Gasteiger partial charge in [0, 0.05) is 49.6 Å². The lowest BCUT2D eigenvalue weighted by Gasteiger charge is -2.29. The SMILES string of the molecule is CCc1nncn1CCNC(=NCCN(C(C)C)C(C)C)NCCc1cccs1.I. The Balaban J connectivity index is 0.00000450. The highest BCUT2D eigenvalue weighted by atomic mass is 127. The molecule has 7 nitrogen and oxygen atoms in total. The average molecular weight is 548 g/mol. The summed E-state index contributed by atoms with van der Waals surface area (Å²) in [6, 6.07) is 5.33. The predicted octanol–water partition coefficient (Wildman–Crippen LogP) is 3.42. The average Bonchev–Trinajstić information content (AvgIpc) is 3.35. The summed E-state index contributed by atoms with van der Waals surface area (Å²) in [5, 5.41) is 17.2. The molecule has 2 rings (SSSR count). The Morgan fingerprint density at radius 1 is 1.20 bits per heavy atom. The molecule has 0 fully saturated rings. The maximum atomic E-state index is 4.82. The van der Waals surface area contributed by atoms with Crippen LogP contribution >= 0.6 is 35.3 Å². The van der Waals surface area contributed by atoms with Crippen LogP contribution in [0.5, 0.6) is 0 Å². The minimum atomic E-state index is 0. The molecule has 2 heterocycles. The summed E-state index contributed by atoms with van der Waals surface area (Å²) in [4.78, 5) is 8.68. The largest absolute Gasteiger partial charge is 0.356 e. The van der Waals surface area contributed by atoms with Crippen LogP contribution < -0.4 is 10.6 Å². The van der Waals surface area contributed by atoms with E-state index in [9.17, 15) is 0 Å². The van der Waals surface area contributed by atoms with Gasteiger partial charge in [-0.15, -0.1) is 45.5 Å². The minimum Gasteiger partial charge on any atom is -0.356 e. The first-order valence-corrected chi connectivity index (χ1v) is 11.6. The molecule has 170 valence electrons. The third-order valence-electron chi connectivity index (χ3n) is 4.86. The molecule has 0 amide bonds. The molecule has 0 aliphatic rings. The van der Waals surface area contributed by atoms with E-state index in [0.29, 0.717) is 12.1 Å². The number of aliphatic imine (C=N–C) groups is 1. The number of halogens is 1. The number of hydrogen-bond donors (Lipinski definition) is 2. The Morgan fingerprint density at radius 3 is 2.57 bits per heavy atom. The van der Waals surface area contributed by atoms with Gasteiger partial charge in [0.1, 0.15) is 12.2 Å². The van der Waals surface area contributed by atoms with Gasteiger partial charge in [-0.05, 0) is 45.6 Å². The second kappa shape index (κ2) is 14.7. The van der Waals surface area contributed by atoms with Gasteiger partial charge in [-0.1, -0.05) is 13.0 Å². The maximum absolute atomic E-state index is 4.82. The van der Waals surface area contributed by atoms with Crippen molar-refractivity contribution in [1.29, 1.82) is 0 Å². The highest BCUT2D eigenvalue weighted by Gasteiger charge is 2.12. The second-order valence-electron chi connectivity index (χ2n) is 7.63. The Labute approximate surface area is 202 Å². The molecule has 0 unspecified atom stereocenters. The Bertz CT molecular complexity index is 705. The van der Waals surface area contributed by atoms with Crippen LogP contribution in [0, 0.1) is 0 Å². The molecule has 2 aromatic heterocycles. The highest BCUT2D eigenvalue weighted by molar-refractivity contribution is 14.0. The molecule has 0 aromatic carbocycles. The molecular formula is C21H38IN7S. The van der Waals surface area contributed by atoms with Crippen molar-refractivity contribution < 1.29 is 0 Å². The van der Waals surface area contributed by atoms with Crippen LogP contribution in [0.4, 0.5) is 0 Å². The van der Waals surface area contributed by atoms with Crippen molar-refractivity contribution in [3.05, 3.63) is 34.5 Å². The summed E-state index contributed by atoms with van der Waals surface area (Å²) in [6.45, 7) is 15.3. The van der Waals surface area contributed by atoms with Gasteiger partial charge in [-0.2, -0.15) is 0 Å². The quantitative estimate of drug-likeness (QED) is 0.242. The number of aryl methyl sites for hydroxylation is 1. The molecule has 2 N–H and O–H groups in total. The molecule has 0 spiro atoms. The monoisotopic (exact) mass is 547 g/mol. The molecule has 0 bridgehead atoms. The number of rotatable bonds is 12. The van der Waals surface area contributed by atoms with Crippen LogP contribution in [0.2, 0.25) is 0 Å². The van der Waals surface area contributed by atoms with Crippen LogP contribution in [0.15, 0.2) is 28.8 Å². The van der Waals surface area contributed by atoms with Crippen molar-refractivity contribution in [3.8, 4) is 0 Å². The lowest BCUT2D eigenvalue weighted by Crippen LogP contribution is -2.42. The van der Waals surface area contributed by atoms with E-state index >= 15 is 0 Å². The molecule has 0 aliphatic heterocycles. The van der Waals surface area contributed by atoms with E-state index in [4.69, 9.17) is 4.99 Å². The van der Waals surface area contributed by atoms with Crippen molar-refractivity contribution in [1.82, 2.24) is 30.3 Å². The maximum Gasteiger partial charge on any atom is 0.191 e. The number of guanidine groups is 1. The standard InChI is InChI=1S/C21H37N7S.HI/c1-6-20-26-25-16-27(20)13-11-23-21(22-10-9-19-8-7-15-29-19)24-12-14-28(17(2)3)18(4)5;/h7-8,15-18H,6,9-14H2,1-5H3,(H2,22,23,24);1H. The van der Waals surface area contributed by atoms with Crippen LogP contribution in [0.25, 0.3) is 0 Å². The summed E-state index contributed by atoms with van der Waals surface area (Å²) < 4.78 is 2.09. The fourth-order valence-corrected chi connectivity index (χ4v) is 4.07. The van der Waals surface area contributed by atoms with E-state index in [2.05, 4.69) is 82.4 Å². The topological polar surface area (TPSA) is 70.4 Å². The normalized spacial score (nSPS) is 11.9. The molecule has 0 saturated heterocycles. The third-order valence-corrected chi connectivity index (χ3v) is 5.79. The fourth-order valence-electron chi connectivity index (χ4n) is 3.36. The summed E-state index contributed by atoms with van der Waals surface area (Å²) in [5.41, 5.74) is 0. The fraction of sp³-hybridized carbons (Fsp3) is 0.667. The third kappa shape index (κ3) is 9.30. The van der Waals surface area contributed by atoms with Gasteiger partial charge in [-0.3, -0.25) is 9.89 Å². The first-order valence-electron chi connectivity index (χ1n) is 10.7. The minimum absolute atomic E-state index is 0. The summed E-state index contributed by atoms with van der Waals surface area (Å²) in [6.07, 6.45) is 3.69. The smallest absolute Gasteiger partial charge is 0.191 e. The zero-order valence-electron chi connectivity index (χ0n) is 19.0.